The third kappa shape index (κ3) is 4.78. The molecule has 5 nitrogen and oxygen atoms in total. The van der Waals surface area contributed by atoms with Crippen LogP contribution in [0.2, 0.25) is 0 Å². The molecule has 2 aliphatic heterocycles. The number of hydrazine groups is 1. The minimum Gasteiger partial charge on any atom is -0.339 e. The lowest BCUT2D eigenvalue weighted by Gasteiger charge is -2.40. The van der Waals surface area contributed by atoms with Gasteiger partial charge in [0.2, 0.25) is 5.91 Å². The molecule has 2 saturated heterocycles. The maximum absolute atomic E-state index is 13.3. The second-order valence-corrected chi connectivity index (χ2v) is 9.56. The number of hydrogen-bond acceptors (Lipinski definition) is 4. The molecule has 34 heavy (non-hydrogen) atoms. The third-order valence-corrected chi connectivity index (χ3v) is 7.36. The lowest BCUT2D eigenvalue weighted by molar-refractivity contribution is -0.135. The molecule has 3 aromatic carbocycles. The fourth-order valence-corrected chi connectivity index (χ4v) is 5.22. The van der Waals surface area contributed by atoms with Crippen molar-refractivity contribution in [2.75, 3.05) is 26.2 Å². The van der Waals surface area contributed by atoms with E-state index in [9.17, 15) is 4.79 Å². The van der Waals surface area contributed by atoms with Crippen LogP contribution < -0.4 is 10.9 Å². The van der Waals surface area contributed by atoms with Gasteiger partial charge in [0.25, 0.3) is 0 Å². The normalized spacial score (nSPS) is 21.2. The van der Waals surface area contributed by atoms with E-state index in [1.165, 1.54) is 27.8 Å². The van der Waals surface area contributed by atoms with E-state index in [1.54, 1.807) is 0 Å². The van der Waals surface area contributed by atoms with Crippen molar-refractivity contribution in [1.29, 1.82) is 0 Å². The molecule has 5 heteroatoms. The van der Waals surface area contributed by atoms with Gasteiger partial charge in [-0.1, -0.05) is 78.9 Å². The van der Waals surface area contributed by atoms with Crippen LogP contribution in [0.25, 0.3) is 0 Å². The highest BCUT2D eigenvalue weighted by Crippen LogP contribution is 2.30. The molecule has 2 atom stereocenters. The van der Waals surface area contributed by atoms with Crippen LogP contribution >= 0.6 is 0 Å². The van der Waals surface area contributed by atoms with Crippen molar-refractivity contribution in [3.8, 4) is 0 Å². The molecular formula is C29H34N4O. The second-order valence-electron chi connectivity index (χ2n) is 9.56. The van der Waals surface area contributed by atoms with E-state index in [2.05, 4.69) is 108 Å². The molecule has 2 fully saturated rings. The summed E-state index contributed by atoms with van der Waals surface area (Å²) < 4.78 is 0. The molecular weight excluding hydrogens is 420 g/mol. The fourth-order valence-electron chi connectivity index (χ4n) is 5.22. The van der Waals surface area contributed by atoms with Gasteiger partial charge in [-0.25, -0.2) is 10.9 Å². The van der Waals surface area contributed by atoms with Gasteiger partial charge in [0.05, 0.1) is 6.04 Å². The van der Waals surface area contributed by atoms with Crippen molar-refractivity contribution in [2.45, 2.75) is 38.4 Å². The predicted molar refractivity (Wildman–Crippen MR) is 136 cm³/mol. The van der Waals surface area contributed by atoms with E-state index in [1.807, 2.05) is 4.90 Å². The molecule has 1 amide bonds. The number of hydrogen-bond donors (Lipinski definition) is 2. The number of nitrogens with zero attached hydrogens (tertiary/aromatic N) is 2. The topological polar surface area (TPSA) is 47.6 Å². The maximum atomic E-state index is 13.3. The first-order valence-electron chi connectivity index (χ1n) is 12.3. The number of aryl methyl sites for hydroxylation is 2. The molecule has 0 spiro atoms. The Balaban J connectivity index is 1.23. The minimum absolute atomic E-state index is 0.162. The lowest BCUT2D eigenvalue weighted by atomic mass is 9.96. The van der Waals surface area contributed by atoms with Crippen molar-refractivity contribution < 1.29 is 4.79 Å². The number of carbonyl (C=O) groups is 1. The smallest absolute Gasteiger partial charge is 0.241 e. The Morgan fingerprint density at radius 2 is 1.41 bits per heavy atom. The first-order valence-corrected chi connectivity index (χ1v) is 12.3. The molecule has 0 bridgehead atoms. The summed E-state index contributed by atoms with van der Waals surface area (Å²) in [6, 6.07) is 28.1. The van der Waals surface area contributed by atoms with E-state index in [-0.39, 0.29) is 24.0 Å². The summed E-state index contributed by atoms with van der Waals surface area (Å²) in [5.74, 6) is 0.203. The number of nitrogens with one attached hydrogen (secondary N) is 2. The summed E-state index contributed by atoms with van der Waals surface area (Å²) in [6.45, 7) is 7.50. The van der Waals surface area contributed by atoms with E-state index in [0.717, 1.165) is 32.6 Å². The highest BCUT2D eigenvalue weighted by molar-refractivity contribution is 5.82. The predicted octanol–water partition coefficient (Wildman–Crippen LogP) is 4.14. The Hall–Kier alpha value is -2.99. The van der Waals surface area contributed by atoms with Gasteiger partial charge >= 0.3 is 0 Å². The number of benzene rings is 3. The minimum atomic E-state index is -0.183. The lowest BCUT2D eigenvalue weighted by Crippen LogP contribution is -2.54. The van der Waals surface area contributed by atoms with Gasteiger partial charge in [-0.2, -0.15) is 0 Å². The number of piperazine rings is 1. The van der Waals surface area contributed by atoms with E-state index < -0.39 is 0 Å². The zero-order valence-corrected chi connectivity index (χ0v) is 20.1. The Labute approximate surface area is 202 Å². The Morgan fingerprint density at radius 3 is 2.00 bits per heavy atom. The molecule has 2 aliphatic rings. The molecule has 2 N–H and O–H groups in total. The van der Waals surface area contributed by atoms with Crippen molar-refractivity contribution in [3.05, 3.63) is 107 Å². The first kappa shape index (κ1) is 22.8. The number of carbonyl (C=O) groups excluding carboxylic acids is 1. The number of rotatable bonds is 5. The van der Waals surface area contributed by atoms with Gasteiger partial charge in [-0.3, -0.25) is 9.69 Å². The summed E-state index contributed by atoms with van der Waals surface area (Å²) in [6.07, 6.45) is 0.776. The average Bonchev–Trinajstić information content (AvgIpc) is 3.38. The SMILES string of the molecule is Cc1ccc(C2CC(C(=O)N3CCN(C(c4ccccc4)c4ccccc4)CC3)NN2)cc1C. The Kier molecular flexibility index (Phi) is 6.77. The molecule has 0 aromatic heterocycles. The van der Waals surface area contributed by atoms with Crippen LogP contribution in [0.3, 0.4) is 0 Å². The van der Waals surface area contributed by atoms with Crippen molar-refractivity contribution in [3.63, 3.8) is 0 Å². The largest absolute Gasteiger partial charge is 0.339 e. The molecule has 0 saturated carbocycles. The van der Waals surface area contributed by atoms with E-state index in [4.69, 9.17) is 0 Å². The zero-order chi connectivity index (χ0) is 23.5. The van der Waals surface area contributed by atoms with Crippen LogP contribution in [0.5, 0.6) is 0 Å². The summed E-state index contributed by atoms with van der Waals surface area (Å²) >= 11 is 0. The molecule has 176 valence electrons. The van der Waals surface area contributed by atoms with Crippen LogP contribution in [0.15, 0.2) is 78.9 Å². The van der Waals surface area contributed by atoms with Crippen LogP contribution in [-0.2, 0) is 4.79 Å². The van der Waals surface area contributed by atoms with Crippen LogP contribution in [-0.4, -0.2) is 47.9 Å². The summed E-state index contributed by atoms with van der Waals surface area (Å²) in [5.41, 5.74) is 13.0. The van der Waals surface area contributed by atoms with Crippen LogP contribution in [0.1, 0.15) is 46.3 Å². The monoisotopic (exact) mass is 454 g/mol. The summed E-state index contributed by atoms with van der Waals surface area (Å²) in [7, 11) is 0. The third-order valence-electron chi connectivity index (χ3n) is 7.36. The summed E-state index contributed by atoms with van der Waals surface area (Å²) in [4.78, 5) is 17.9. The highest BCUT2D eigenvalue weighted by Gasteiger charge is 2.35. The molecule has 2 heterocycles. The molecule has 0 radical (unpaired) electrons. The van der Waals surface area contributed by atoms with Crippen LogP contribution in [0.4, 0.5) is 0 Å². The van der Waals surface area contributed by atoms with Crippen LogP contribution in [0, 0.1) is 13.8 Å². The average molecular weight is 455 g/mol. The van der Waals surface area contributed by atoms with Crippen molar-refractivity contribution in [2.24, 2.45) is 0 Å². The van der Waals surface area contributed by atoms with Crippen molar-refractivity contribution >= 4 is 5.91 Å². The Bertz CT molecular complexity index is 1070. The molecule has 3 aromatic rings. The van der Waals surface area contributed by atoms with Gasteiger partial charge in [0.1, 0.15) is 6.04 Å². The van der Waals surface area contributed by atoms with E-state index in [0.29, 0.717) is 0 Å². The van der Waals surface area contributed by atoms with Gasteiger partial charge in [0, 0.05) is 32.2 Å². The standard InChI is InChI=1S/C29H34N4O/c1-21-13-14-25(19-22(21)2)26-20-27(31-30-26)29(34)33-17-15-32(16-18-33)28(23-9-5-3-6-10-23)24-11-7-4-8-12-24/h3-14,19,26-28,30-31H,15-18,20H2,1-2H3. The summed E-state index contributed by atoms with van der Waals surface area (Å²) in [5, 5.41) is 0. The van der Waals surface area contributed by atoms with Gasteiger partial charge < -0.3 is 4.90 Å². The Morgan fingerprint density at radius 1 is 0.794 bits per heavy atom. The first-order chi connectivity index (χ1) is 16.6. The second kappa shape index (κ2) is 10.1. The maximum Gasteiger partial charge on any atom is 0.241 e. The zero-order valence-electron chi connectivity index (χ0n) is 20.1. The fraction of sp³-hybridized carbons (Fsp3) is 0.345. The highest BCUT2D eigenvalue weighted by atomic mass is 16.2. The quantitative estimate of drug-likeness (QED) is 0.608. The van der Waals surface area contributed by atoms with Gasteiger partial charge in [-0.05, 0) is 48.1 Å². The van der Waals surface area contributed by atoms with Gasteiger partial charge in [-0.15, -0.1) is 0 Å². The van der Waals surface area contributed by atoms with E-state index >= 15 is 0 Å². The van der Waals surface area contributed by atoms with Gasteiger partial charge in [0.15, 0.2) is 0 Å². The number of amides is 1. The molecule has 5 rings (SSSR count). The molecule has 2 unspecified atom stereocenters. The molecule has 0 aliphatic carbocycles. The van der Waals surface area contributed by atoms with Crippen molar-refractivity contribution in [1.82, 2.24) is 20.7 Å².